The monoisotopic (exact) mass is 191 g/mol. The topological polar surface area (TPSA) is 3.24 Å². The number of aryl methyl sites for hydroxylation is 2. The highest BCUT2D eigenvalue weighted by Gasteiger charge is 1.94. The second kappa shape index (κ2) is 5.82. The zero-order valence-corrected chi connectivity index (χ0v) is 9.59. The van der Waals surface area contributed by atoms with Crippen LogP contribution in [0.15, 0.2) is 24.3 Å². The van der Waals surface area contributed by atoms with Gasteiger partial charge in [0.1, 0.15) is 0 Å². The molecule has 0 aliphatic carbocycles. The van der Waals surface area contributed by atoms with Crippen LogP contribution in [0.2, 0.25) is 0 Å². The van der Waals surface area contributed by atoms with Gasteiger partial charge in [0.05, 0.1) is 0 Å². The first-order chi connectivity index (χ1) is 6.68. The summed E-state index contributed by atoms with van der Waals surface area (Å²) in [6, 6.07) is 8.87. The van der Waals surface area contributed by atoms with Crippen molar-refractivity contribution in [1.82, 2.24) is 4.90 Å². The van der Waals surface area contributed by atoms with E-state index in [1.54, 1.807) is 0 Å². The van der Waals surface area contributed by atoms with Crippen LogP contribution in [0.25, 0.3) is 0 Å². The SMILES string of the molecule is Cc1ccc(CCCCN(C)C)cc1. The van der Waals surface area contributed by atoms with Crippen molar-refractivity contribution in [3.8, 4) is 0 Å². The summed E-state index contributed by atoms with van der Waals surface area (Å²) in [6.45, 7) is 3.34. The minimum atomic E-state index is 1.20. The molecule has 1 heteroatoms. The molecule has 0 aromatic heterocycles. The van der Waals surface area contributed by atoms with E-state index >= 15 is 0 Å². The van der Waals surface area contributed by atoms with Gasteiger partial charge in [-0.3, -0.25) is 0 Å². The summed E-state index contributed by atoms with van der Waals surface area (Å²) in [5.41, 5.74) is 2.82. The molecule has 1 rings (SSSR count). The molecule has 0 aliphatic rings. The molecule has 0 spiro atoms. The molecule has 0 fully saturated rings. The largest absolute Gasteiger partial charge is 0.309 e. The van der Waals surface area contributed by atoms with Crippen molar-refractivity contribution < 1.29 is 0 Å². The molecule has 14 heavy (non-hydrogen) atoms. The summed E-state index contributed by atoms with van der Waals surface area (Å²) < 4.78 is 0. The quantitative estimate of drug-likeness (QED) is 0.647. The highest BCUT2D eigenvalue weighted by Crippen LogP contribution is 2.07. The van der Waals surface area contributed by atoms with E-state index in [2.05, 4.69) is 50.2 Å². The number of benzene rings is 1. The average molecular weight is 191 g/mol. The molecule has 0 radical (unpaired) electrons. The Morgan fingerprint density at radius 1 is 1.00 bits per heavy atom. The lowest BCUT2D eigenvalue weighted by Crippen LogP contribution is -2.12. The molecule has 78 valence electrons. The lowest BCUT2D eigenvalue weighted by atomic mass is 10.1. The molecular weight excluding hydrogens is 170 g/mol. The van der Waals surface area contributed by atoms with Crippen LogP contribution in [0.5, 0.6) is 0 Å². The molecule has 1 nitrogen and oxygen atoms in total. The summed E-state index contributed by atoms with van der Waals surface area (Å²) in [6.07, 6.45) is 3.80. The third kappa shape index (κ3) is 4.43. The molecule has 0 unspecified atom stereocenters. The second-order valence-electron chi connectivity index (χ2n) is 4.25. The maximum atomic E-state index is 2.25. The maximum Gasteiger partial charge on any atom is -0.00247 e. The molecular formula is C13H21N. The van der Waals surface area contributed by atoms with Crippen molar-refractivity contribution in [2.45, 2.75) is 26.2 Å². The van der Waals surface area contributed by atoms with Crippen molar-refractivity contribution >= 4 is 0 Å². The van der Waals surface area contributed by atoms with Crippen LogP contribution in [0.1, 0.15) is 24.0 Å². The Morgan fingerprint density at radius 3 is 2.21 bits per heavy atom. The van der Waals surface area contributed by atoms with Crippen molar-refractivity contribution in [1.29, 1.82) is 0 Å². The number of hydrogen-bond donors (Lipinski definition) is 0. The molecule has 0 bridgehead atoms. The fourth-order valence-electron chi connectivity index (χ4n) is 1.51. The van der Waals surface area contributed by atoms with E-state index in [1.807, 2.05) is 0 Å². The Hall–Kier alpha value is -0.820. The Labute approximate surface area is 87.7 Å². The van der Waals surface area contributed by atoms with E-state index in [0.717, 1.165) is 0 Å². The smallest absolute Gasteiger partial charge is 0.00247 e. The summed E-state index contributed by atoms with van der Waals surface area (Å²) in [5, 5.41) is 0. The highest BCUT2D eigenvalue weighted by atomic mass is 15.0. The summed E-state index contributed by atoms with van der Waals surface area (Å²) in [4.78, 5) is 2.25. The standard InChI is InChI=1S/C13H21N/c1-12-7-9-13(10-8-12)6-4-5-11-14(2)3/h7-10H,4-6,11H2,1-3H3. The predicted octanol–water partition coefficient (Wildman–Crippen LogP) is 2.88. The summed E-state index contributed by atoms with van der Waals surface area (Å²) in [5.74, 6) is 0. The number of unbranched alkanes of at least 4 members (excludes halogenated alkanes) is 1. The molecule has 1 aromatic rings. The molecule has 0 saturated heterocycles. The van der Waals surface area contributed by atoms with Crippen molar-refractivity contribution in [2.75, 3.05) is 20.6 Å². The Kier molecular flexibility index (Phi) is 4.68. The highest BCUT2D eigenvalue weighted by molar-refractivity contribution is 5.21. The van der Waals surface area contributed by atoms with Gasteiger partial charge in [-0.05, 0) is 52.4 Å². The fourth-order valence-corrected chi connectivity index (χ4v) is 1.51. The Morgan fingerprint density at radius 2 is 1.64 bits per heavy atom. The zero-order valence-electron chi connectivity index (χ0n) is 9.59. The van der Waals surface area contributed by atoms with E-state index in [0.29, 0.717) is 0 Å². The van der Waals surface area contributed by atoms with Crippen LogP contribution in [0.3, 0.4) is 0 Å². The van der Waals surface area contributed by atoms with Crippen LogP contribution >= 0.6 is 0 Å². The van der Waals surface area contributed by atoms with E-state index < -0.39 is 0 Å². The third-order valence-corrected chi connectivity index (χ3v) is 2.44. The Bertz CT molecular complexity index is 248. The van der Waals surface area contributed by atoms with Crippen LogP contribution in [-0.4, -0.2) is 25.5 Å². The van der Waals surface area contributed by atoms with Gasteiger partial charge in [-0.25, -0.2) is 0 Å². The van der Waals surface area contributed by atoms with Gasteiger partial charge in [-0.15, -0.1) is 0 Å². The lowest BCUT2D eigenvalue weighted by molar-refractivity contribution is 0.394. The van der Waals surface area contributed by atoms with Gasteiger partial charge < -0.3 is 4.90 Å². The van der Waals surface area contributed by atoms with Gasteiger partial charge >= 0.3 is 0 Å². The van der Waals surface area contributed by atoms with Gasteiger partial charge in [0.25, 0.3) is 0 Å². The number of hydrogen-bond acceptors (Lipinski definition) is 1. The molecule has 0 amide bonds. The van der Waals surface area contributed by atoms with Crippen molar-refractivity contribution in [3.05, 3.63) is 35.4 Å². The van der Waals surface area contributed by atoms with Crippen molar-refractivity contribution in [2.24, 2.45) is 0 Å². The van der Waals surface area contributed by atoms with Gasteiger partial charge in [-0.1, -0.05) is 29.8 Å². The molecule has 0 atom stereocenters. The van der Waals surface area contributed by atoms with Crippen LogP contribution in [0.4, 0.5) is 0 Å². The maximum absolute atomic E-state index is 2.25. The van der Waals surface area contributed by atoms with Gasteiger partial charge in [0.2, 0.25) is 0 Å². The zero-order chi connectivity index (χ0) is 10.4. The number of rotatable bonds is 5. The molecule has 1 aromatic carbocycles. The van der Waals surface area contributed by atoms with E-state index in [-0.39, 0.29) is 0 Å². The minimum absolute atomic E-state index is 1.20. The Balaban J connectivity index is 2.21. The van der Waals surface area contributed by atoms with Crippen molar-refractivity contribution in [3.63, 3.8) is 0 Å². The lowest BCUT2D eigenvalue weighted by Gasteiger charge is -2.08. The van der Waals surface area contributed by atoms with Gasteiger partial charge in [-0.2, -0.15) is 0 Å². The summed E-state index contributed by atoms with van der Waals surface area (Å²) in [7, 11) is 4.26. The first-order valence-electron chi connectivity index (χ1n) is 5.39. The van der Waals surface area contributed by atoms with Gasteiger partial charge in [0, 0.05) is 0 Å². The molecule has 0 N–H and O–H groups in total. The molecule has 0 saturated carbocycles. The minimum Gasteiger partial charge on any atom is -0.309 e. The van der Waals surface area contributed by atoms with Gasteiger partial charge in [0.15, 0.2) is 0 Å². The molecule has 0 aliphatic heterocycles. The van der Waals surface area contributed by atoms with Crippen LogP contribution in [-0.2, 0) is 6.42 Å². The van der Waals surface area contributed by atoms with E-state index in [1.165, 1.54) is 36.9 Å². The normalized spacial score (nSPS) is 10.9. The molecule has 0 heterocycles. The first kappa shape index (κ1) is 11.3. The fraction of sp³-hybridized carbons (Fsp3) is 0.538. The third-order valence-electron chi connectivity index (χ3n) is 2.44. The number of nitrogens with zero attached hydrogens (tertiary/aromatic N) is 1. The summed E-state index contributed by atoms with van der Waals surface area (Å²) >= 11 is 0. The first-order valence-corrected chi connectivity index (χ1v) is 5.39. The predicted molar refractivity (Wildman–Crippen MR) is 62.7 cm³/mol. The van der Waals surface area contributed by atoms with Crippen LogP contribution in [0, 0.1) is 6.92 Å². The van der Waals surface area contributed by atoms with E-state index in [9.17, 15) is 0 Å². The van der Waals surface area contributed by atoms with Crippen LogP contribution < -0.4 is 0 Å². The average Bonchev–Trinajstić information content (AvgIpc) is 2.15. The van der Waals surface area contributed by atoms with E-state index in [4.69, 9.17) is 0 Å². The second-order valence-corrected chi connectivity index (χ2v) is 4.25.